The van der Waals surface area contributed by atoms with E-state index in [1.807, 2.05) is 30.3 Å². The summed E-state index contributed by atoms with van der Waals surface area (Å²) < 4.78 is 14.7. The van der Waals surface area contributed by atoms with Gasteiger partial charge in [-0.3, -0.25) is 0 Å². The Bertz CT molecular complexity index is 914. The summed E-state index contributed by atoms with van der Waals surface area (Å²) in [4.78, 5) is 0. The van der Waals surface area contributed by atoms with Crippen LogP contribution in [0, 0.1) is 17.7 Å². The molecule has 0 fully saturated rings. The molecule has 3 aromatic carbocycles. The van der Waals surface area contributed by atoms with Gasteiger partial charge < -0.3 is 0 Å². The molecule has 0 aromatic heterocycles. The van der Waals surface area contributed by atoms with E-state index in [2.05, 4.69) is 24.8 Å². The molecule has 0 atom stereocenters. The third-order valence-corrected chi connectivity index (χ3v) is 4.28. The van der Waals surface area contributed by atoms with Crippen LogP contribution in [-0.2, 0) is 6.42 Å². The van der Waals surface area contributed by atoms with Crippen LogP contribution < -0.4 is 0 Å². The second-order valence-electron chi connectivity index (χ2n) is 5.84. The maximum Gasteiger partial charge on any atom is 0.146 e. The molecule has 0 bridgehead atoms. The third-order valence-electron chi connectivity index (χ3n) is 4.02. The number of unbranched alkanes of at least 4 members (excludes halogenated alkanes) is 1. The molecule has 2 heteroatoms. The molecule has 3 aromatic rings. The van der Waals surface area contributed by atoms with Gasteiger partial charge in [-0.2, -0.15) is 0 Å². The van der Waals surface area contributed by atoms with Crippen molar-refractivity contribution in [3.05, 3.63) is 82.1 Å². The fraction of sp³-hybridized carbons (Fsp3) is 0.182. The zero-order valence-corrected chi connectivity index (χ0v) is 14.3. The standard InChI is InChI=1S/C22H18ClF/c1-2-3-4-17-8-14-21-19(15-17)11-10-18(22(21)24)9-5-16-6-12-20(23)13-7-16/h6-8,10-15H,2-4H2,1H3. The predicted octanol–water partition coefficient (Wildman–Crippen LogP) is 6.37. The normalized spacial score (nSPS) is 10.5. The number of fused-ring (bicyclic) bond motifs is 1. The molecule has 0 amide bonds. The van der Waals surface area contributed by atoms with E-state index in [1.165, 1.54) is 5.56 Å². The van der Waals surface area contributed by atoms with Crippen LogP contribution in [0.15, 0.2) is 54.6 Å². The molecule has 0 aliphatic rings. The minimum Gasteiger partial charge on any atom is -0.205 e. The Hall–Kier alpha value is -2.30. The van der Waals surface area contributed by atoms with Crippen LogP contribution >= 0.6 is 11.6 Å². The quantitative estimate of drug-likeness (QED) is 0.487. The van der Waals surface area contributed by atoms with Crippen LogP contribution in [0.4, 0.5) is 4.39 Å². The summed E-state index contributed by atoms with van der Waals surface area (Å²) in [6.45, 7) is 2.17. The minimum absolute atomic E-state index is 0.254. The highest BCUT2D eigenvalue weighted by atomic mass is 35.5. The van der Waals surface area contributed by atoms with Gasteiger partial charge in [-0.1, -0.05) is 61.1 Å². The van der Waals surface area contributed by atoms with Crippen LogP contribution in [-0.4, -0.2) is 0 Å². The van der Waals surface area contributed by atoms with Gasteiger partial charge in [0.05, 0.1) is 5.56 Å². The zero-order chi connectivity index (χ0) is 16.9. The van der Waals surface area contributed by atoms with Crippen molar-refractivity contribution in [2.24, 2.45) is 0 Å². The van der Waals surface area contributed by atoms with Crippen molar-refractivity contribution < 1.29 is 4.39 Å². The van der Waals surface area contributed by atoms with Gasteiger partial charge in [0.1, 0.15) is 5.82 Å². The molecule has 0 heterocycles. The highest BCUT2D eigenvalue weighted by Crippen LogP contribution is 2.23. The Balaban J connectivity index is 1.93. The van der Waals surface area contributed by atoms with Crippen molar-refractivity contribution in [3.63, 3.8) is 0 Å². The SMILES string of the molecule is CCCCc1ccc2c(F)c(C#Cc3ccc(Cl)cc3)ccc2c1. The lowest BCUT2D eigenvalue weighted by atomic mass is 10.0. The summed E-state index contributed by atoms with van der Waals surface area (Å²) in [5.74, 6) is 5.65. The smallest absolute Gasteiger partial charge is 0.146 e. The highest BCUT2D eigenvalue weighted by molar-refractivity contribution is 6.30. The summed E-state index contributed by atoms with van der Waals surface area (Å²) in [6.07, 6.45) is 3.34. The number of hydrogen-bond donors (Lipinski definition) is 0. The molecule has 0 radical (unpaired) electrons. The Labute approximate surface area is 147 Å². The van der Waals surface area contributed by atoms with Crippen LogP contribution in [0.25, 0.3) is 10.8 Å². The first-order chi connectivity index (χ1) is 11.7. The summed E-state index contributed by atoms with van der Waals surface area (Å²) in [5.41, 5.74) is 2.48. The molecule has 24 heavy (non-hydrogen) atoms. The van der Waals surface area contributed by atoms with Gasteiger partial charge >= 0.3 is 0 Å². The summed E-state index contributed by atoms with van der Waals surface area (Å²) >= 11 is 5.86. The lowest BCUT2D eigenvalue weighted by molar-refractivity contribution is 0.636. The molecule has 0 saturated heterocycles. The Morgan fingerprint density at radius 3 is 2.50 bits per heavy atom. The Morgan fingerprint density at radius 1 is 0.958 bits per heavy atom. The van der Waals surface area contributed by atoms with Crippen molar-refractivity contribution in [2.45, 2.75) is 26.2 Å². The second-order valence-corrected chi connectivity index (χ2v) is 6.28. The number of halogens is 2. The van der Waals surface area contributed by atoms with E-state index in [4.69, 9.17) is 11.6 Å². The summed E-state index contributed by atoms with van der Waals surface area (Å²) in [5, 5.41) is 2.22. The average Bonchev–Trinajstić information content (AvgIpc) is 2.61. The minimum atomic E-state index is -0.254. The van der Waals surface area contributed by atoms with Crippen molar-refractivity contribution >= 4 is 22.4 Å². The summed E-state index contributed by atoms with van der Waals surface area (Å²) in [7, 11) is 0. The van der Waals surface area contributed by atoms with E-state index in [9.17, 15) is 4.39 Å². The van der Waals surface area contributed by atoms with E-state index >= 15 is 0 Å². The van der Waals surface area contributed by atoms with Gasteiger partial charge in [-0.15, -0.1) is 0 Å². The molecule has 0 spiro atoms. The van der Waals surface area contributed by atoms with Gasteiger partial charge in [0.2, 0.25) is 0 Å². The van der Waals surface area contributed by atoms with E-state index in [0.717, 1.165) is 30.2 Å². The van der Waals surface area contributed by atoms with Crippen molar-refractivity contribution in [1.82, 2.24) is 0 Å². The Morgan fingerprint density at radius 2 is 1.75 bits per heavy atom. The maximum atomic E-state index is 14.7. The molecule has 0 nitrogen and oxygen atoms in total. The number of hydrogen-bond acceptors (Lipinski definition) is 0. The first-order valence-corrected chi connectivity index (χ1v) is 8.54. The molecule has 0 aliphatic carbocycles. The molecular weight excluding hydrogens is 319 g/mol. The maximum absolute atomic E-state index is 14.7. The highest BCUT2D eigenvalue weighted by Gasteiger charge is 2.06. The summed E-state index contributed by atoms with van der Waals surface area (Å²) in [6, 6.07) is 16.9. The number of benzene rings is 3. The fourth-order valence-electron chi connectivity index (χ4n) is 2.65. The van der Waals surface area contributed by atoms with Crippen LogP contribution in [0.3, 0.4) is 0 Å². The van der Waals surface area contributed by atoms with E-state index in [-0.39, 0.29) is 5.82 Å². The van der Waals surface area contributed by atoms with Gasteiger partial charge in [-0.05, 0) is 54.1 Å². The first kappa shape index (κ1) is 16.6. The largest absolute Gasteiger partial charge is 0.205 e. The van der Waals surface area contributed by atoms with Crippen molar-refractivity contribution in [3.8, 4) is 11.8 Å². The molecule has 0 saturated carbocycles. The molecule has 3 rings (SSSR count). The van der Waals surface area contributed by atoms with E-state index in [1.54, 1.807) is 18.2 Å². The lowest BCUT2D eigenvalue weighted by Gasteiger charge is -2.05. The zero-order valence-electron chi connectivity index (χ0n) is 13.6. The molecule has 0 aliphatic heterocycles. The predicted molar refractivity (Wildman–Crippen MR) is 100.0 cm³/mol. The van der Waals surface area contributed by atoms with Crippen LogP contribution in [0.2, 0.25) is 5.02 Å². The van der Waals surface area contributed by atoms with Crippen LogP contribution in [0.1, 0.15) is 36.5 Å². The number of rotatable bonds is 3. The van der Waals surface area contributed by atoms with E-state index < -0.39 is 0 Å². The van der Waals surface area contributed by atoms with Crippen molar-refractivity contribution in [1.29, 1.82) is 0 Å². The molecular formula is C22H18ClF. The van der Waals surface area contributed by atoms with E-state index in [0.29, 0.717) is 16.0 Å². The molecule has 0 unspecified atom stereocenters. The number of aryl methyl sites for hydroxylation is 1. The average molecular weight is 337 g/mol. The molecule has 0 N–H and O–H groups in total. The van der Waals surface area contributed by atoms with Crippen molar-refractivity contribution in [2.75, 3.05) is 0 Å². The third kappa shape index (κ3) is 3.78. The molecule has 120 valence electrons. The monoisotopic (exact) mass is 336 g/mol. The Kier molecular flexibility index (Phi) is 5.18. The van der Waals surface area contributed by atoms with Crippen LogP contribution in [0.5, 0.6) is 0 Å². The van der Waals surface area contributed by atoms with Gasteiger partial charge in [0.25, 0.3) is 0 Å². The van der Waals surface area contributed by atoms with Gasteiger partial charge in [0, 0.05) is 16.0 Å². The van der Waals surface area contributed by atoms with Gasteiger partial charge in [0.15, 0.2) is 0 Å². The lowest BCUT2D eigenvalue weighted by Crippen LogP contribution is -1.90. The first-order valence-electron chi connectivity index (χ1n) is 8.16. The van der Waals surface area contributed by atoms with Gasteiger partial charge in [-0.25, -0.2) is 4.39 Å². The second kappa shape index (κ2) is 7.51. The fourth-order valence-corrected chi connectivity index (χ4v) is 2.77. The topological polar surface area (TPSA) is 0 Å².